The van der Waals surface area contributed by atoms with E-state index in [1.165, 1.54) is 12.3 Å². The van der Waals surface area contributed by atoms with Crippen molar-refractivity contribution in [3.63, 3.8) is 0 Å². The van der Waals surface area contributed by atoms with Crippen molar-refractivity contribution in [2.24, 2.45) is 0 Å². The Morgan fingerprint density at radius 3 is 2.67 bits per heavy atom. The number of hydrogen-bond acceptors (Lipinski definition) is 4. The number of rotatable bonds is 1. The summed E-state index contributed by atoms with van der Waals surface area (Å²) in [5.74, 6) is 0.127. The van der Waals surface area contributed by atoms with Gasteiger partial charge in [-0.15, -0.1) is 0 Å². The van der Waals surface area contributed by atoms with Gasteiger partial charge in [0.25, 0.3) is 0 Å². The van der Waals surface area contributed by atoms with E-state index >= 15 is 0 Å². The van der Waals surface area contributed by atoms with Crippen LogP contribution in [0.1, 0.15) is 5.56 Å². The third kappa shape index (κ3) is 2.57. The quantitative estimate of drug-likeness (QED) is 0.407. The van der Waals surface area contributed by atoms with Gasteiger partial charge in [0.2, 0.25) is 0 Å². The van der Waals surface area contributed by atoms with E-state index < -0.39 is 5.05 Å². The Bertz CT molecular complexity index is 308. The average molecular weight is 211 g/mol. The molecular weight excluding hydrogens is 207 g/mol. The van der Waals surface area contributed by atoms with Crippen LogP contribution >= 0.6 is 23.8 Å². The second-order valence-corrected chi connectivity index (χ2v) is 2.59. The minimum Gasteiger partial charge on any atom is -0.864 e. The first kappa shape index (κ1) is 12.1. The van der Waals surface area contributed by atoms with E-state index in [9.17, 15) is 5.11 Å². The molecule has 0 saturated carbocycles. The number of nitrogens with zero attached hydrogens (tertiary/aromatic N) is 1. The summed E-state index contributed by atoms with van der Waals surface area (Å²) < 4.78 is 0. The smallest absolute Gasteiger partial charge is 0.864 e. The Kier molecular flexibility index (Phi) is 5.04. The second kappa shape index (κ2) is 4.99. The molecule has 12 heavy (non-hydrogen) atoms. The van der Waals surface area contributed by atoms with E-state index in [2.05, 4.69) is 17.2 Å². The largest absolute Gasteiger partial charge is 1.00 e. The van der Waals surface area contributed by atoms with E-state index in [1.807, 2.05) is 0 Å². The maximum atomic E-state index is 10.7. The van der Waals surface area contributed by atoms with Crippen LogP contribution in [0.3, 0.4) is 0 Å². The molecule has 0 aliphatic rings. The number of nitrogen functional groups attached to an aromatic ring is 1. The van der Waals surface area contributed by atoms with Crippen molar-refractivity contribution in [3.8, 4) is 0 Å². The molecule has 0 fully saturated rings. The molecule has 0 aromatic carbocycles. The summed E-state index contributed by atoms with van der Waals surface area (Å²) in [6, 6.07) is 1.44. The molecule has 58 valence electrons. The summed E-state index contributed by atoms with van der Waals surface area (Å²) in [6.07, 6.45) is 1.39. The number of thiocarbonyl (C=S) groups is 1. The summed E-state index contributed by atoms with van der Waals surface area (Å²) >= 11 is 10.00. The van der Waals surface area contributed by atoms with E-state index in [4.69, 9.17) is 17.3 Å². The predicted molar refractivity (Wildman–Crippen MR) is 45.4 cm³/mol. The van der Waals surface area contributed by atoms with Crippen molar-refractivity contribution in [3.05, 3.63) is 22.8 Å². The summed E-state index contributed by atoms with van der Waals surface area (Å²) in [7, 11) is 0. The first-order valence-electron chi connectivity index (χ1n) is 2.74. The fourth-order valence-electron chi connectivity index (χ4n) is 0.618. The summed E-state index contributed by atoms with van der Waals surface area (Å²) in [4.78, 5) is 3.67. The molecule has 0 saturated heterocycles. The van der Waals surface area contributed by atoms with Gasteiger partial charge >= 0.3 is 29.6 Å². The van der Waals surface area contributed by atoms with Crippen LogP contribution in [-0.2, 0) is 0 Å². The van der Waals surface area contributed by atoms with Gasteiger partial charge in [0.05, 0.1) is 5.02 Å². The van der Waals surface area contributed by atoms with Gasteiger partial charge in [0, 0.05) is 11.8 Å². The Morgan fingerprint density at radius 1 is 1.67 bits per heavy atom. The zero-order chi connectivity index (χ0) is 8.43. The first-order chi connectivity index (χ1) is 5.13. The van der Waals surface area contributed by atoms with Gasteiger partial charge in [0.1, 0.15) is 5.82 Å². The normalized spacial score (nSPS) is 8.75. The molecule has 0 amide bonds. The fraction of sp³-hybridized carbons (Fsp3) is 0. The Labute approximate surface area is 102 Å². The van der Waals surface area contributed by atoms with Crippen molar-refractivity contribution in [1.82, 2.24) is 4.98 Å². The van der Waals surface area contributed by atoms with Crippen LogP contribution in [0.2, 0.25) is 5.02 Å². The number of nitrogens with two attached hydrogens (primary N) is 1. The van der Waals surface area contributed by atoms with Gasteiger partial charge in [-0.05, 0) is 11.1 Å². The Hall–Kier alpha value is 0.130. The van der Waals surface area contributed by atoms with Crippen LogP contribution in [-0.4, -0.2) is 10.0 Å². The Morgan fingerprint density at radius 2 is 2.25 bits per heavy atom. The van der Waals surface area contributed by atoms with Crippen LogP contribution in [0.5, 0.6) is 0 Å². The second-order valence-electron chi connectivity index (χ2n) is 1.85. The molecule has 0 aliphatic heterocycles. The molecular formula is C6H4ClN2NaOS. The minimum absolute atomic E-state index is 0. The maximum Gasteiger partial charge on any atom is 1.00 e. The van der Waals surface area contributed by atoms with Crippen molar-refractivity contribution < 1.29 is 34.7 Å². The molecule has 1 heterocycles. The molecule has 0 bridgehead atoms. The Balaban J connectivity index is 0.00000121. The van der Waals surface area contributed by atoms with Crippen molar-refractivity contribution in [2.75, 3.05) is 5.73 Å². The standard InChI is InChI=1S/C6H5ClN2OS.Na/c7-4-3(6(10)11)1-2-9-5(4)8;/h1-2H,(H2,8,9)(H,10,11);/q;+1/p-1. The van der Waals surface area contributed by atoms with E-state index in [1.54, 1.807) is 0 Å². The third-order valence-electron chi connectivity index (χ3n) is 1.14. The monoisotopic (exact) mass is 210 g/mol. The molecule has 0 aliphatic carbocycles. The number of aromatic nitrogens is 1. The molecule has 0 radical (unpaired) electrons. The SMILES string of the molecule is Nc1nccc(C([O-])=S)c1Cl.[Na+]. The molecule has 3 nitrogen and oxygen atoms in total. The molecule has 0 atom stereocenters. The number of pyridine rings is 1. The van der Waals surface area contributed by atoms with Gasteiger partial charge in [-0.2, -0.15) is 0 Å². The topological polar surface area (TPSA) is 62.0 Å². The molecule has 6 heteroatoms. The zero-order valence-electron chi connectivity index (χ0n) is 6.37. The van der Waals surface area contributed by atoms with Gasteiger partial charge in [-0.1, -0.05) is 23.8 Å². The number of hydrogen-bond donors (Lipinski definition) is 1. The molecule has 1 rings (SSSR count). The molecule has 0 unspecified atom stereocenters. The average Bonchev–Trinajstić information content (AvgIpc) is 1.94. The van der Waals surface area contributed by atoms with Gasteiger partial charge in [-0.25, -0.2) is 4.98 Å². The fourth-order valence-corrected chi connectivity index (χ4v) is 1.04. The van der Waals surface area contributed by atoms with Crippen molar-refractivity contribution in [1.29, 1.82) is 0 Å². The van der Waals surface area contributed by atoms with E-state index in [-0.39, 0.29) is 46.0 Å². The van der Waals surface area contributed by atoms with Crippen LogP contribution in [0.25, 0.3) is 0 Å². The summed E-state index contributed by atoms with van der Waals surface area (Å²) in [5.41, 5.74) is 5.55. The third-order valence-corrected chi connectivity index (χ3v) is 1.75. The van der Waals surface area contributed by atoms with Crippen molar-refractivity contribution >= 4 is 34.7 Å². The molecule has 1 aromatic heterocycles. The van der Waals surface area contributed by atoms with E-state index in [0.29, 0.717) is 0 Å². The zero-order valence-corrected chi connectivity index (χ0v) is 9.95. The minimum atomic E-state index is -0.524. The van der Waals surface area contributed by atoms with Crippen LogP contribution in [0, 0.1) is 0 Å². The van der Waals surface area contributed by atoms with Gasteiger partial charge in [0.15, 0.2) is 0 Å². The number of halogens is 1. The van der Waals surface area contributed by atoms with Crippen LogP contribution in [0.4, 0.5) is 5.82 Å². The maximum absolute atomic E-state index is 10.7. The van der Waals surface area contributed by atoms with Crippen LogP contribution < -0.4 is 40.4 Å². The summed E-state index contributed by atoms with van der Waals surface area (Å²) in [5, 5.41) is 10.3. The summed E-state index contributed by atoms with van der Waals surface area (Å²) in [6.45, 7) is 0. The van der Waals surface area contributed by atoms with Gasteiger partial charge in [-0.3, -0.25) is 0 Å². The van der Waals surface area contributed by atoms with Crippen molar-refractivity contribution in [2.45, 2.75) is 0 Å². The predicted octanol–water partition coefficient (Wildman–Crippen LogP) is -2.64. The molecule has 2 N–H and O–H groups in total. The molecule has 1 aromatic rings. The van der Waals surface area contributed by atoms with Crippen LogP contribution in [0.15, 0.2) is 12.3 Å². The van der Waals surface area contributed by atoms with Gasteiger partial charge < -0.3 is 10.8 Å². The first-order valence-corrected chi connectivity index (χ1v) is 3.53. The number of anilines is 1. The van der Waals surface area contributed by atoms with E-state index in [0.717, 1.165) is 0 Å². The molecule has 0 spiro atoms.